The van der Waals surface area contributed by atoms with Gasteiger partial charge in [0.15, 0.2) is 0 Å². The molecule has 1 saturated heterocycles. The van der Waals surface area contributed by atoms with Crippen LogP contribution in [0.25, 0.3) is 0 Å². The number of imide groups is 1. The molecule has 0 radical (unpaired) electrons. The molecule has 1 N–H and O–H groups in total. The maximum absolute atomic E-state index is 12.9. The van der Waals surface area contributed by atoms with Crippen LogP contribution in [0, 0.1) is 0 Å². The Labute approximate surface area is 165 Å². The van der Waals surface area contributed by atoms with Crippen LogP contribution in [0.1, 0.15) is 34.1 Å². The molecule has 1 fully saturated rings. The molecule has 2 amide bonds. The lowest BCUT2D eigenvalue weighted by Crippen LogP contribution is -2.32. The Balaban J connectivity index is 1.90. The normalized spacial score (nSPS) is 16.3. The van der Waals surface area contributed by atoms with Crippen LogP contribution >= 0.6 is 11.8 Å². The molecule has 0 spiro atoms. The molecule has 2 aromatic rings. The number of nitrogens with zero attached hydrogens (tertiary/aromatic N) is 1. The van der Waals surface area contributed by atoms with Crippen LogP contribution < -0.4 is 4.90 Å². The largest absolute Gasteiger partial charge is 0.478 e. The molecule has 1 unspecified atom stereocenters. The Hall–Kier alpha value is -3.13. The summed E-state index contributed by atoms with van der Waals surface area (Å²) in [5.74, 6) is -2.67. The van der Waals surface area contributed by atoms with Crippen LogP contribution in [-0.2, 0) is 14.3 Å². The van der Waals surface area contributed by atoms with Gasteiger partial charge in [-0.15, -0.1) is 11.8 Å². The first kappa shape index (κ1) is 19.6. The predicted octanol–water partition coefficient (Wildman–Crippen LogP) is 2.99. The number of amides is 2. The zero-order valence-corrected chi connectivity index (χ0v) is 15.8. The van der Waals surface area contributed by atoms with Gasteiger partial charge in [0.25, 0.3) is 0 Å². The zero-order valence-electron chi connectivity index (χ0n) is 15.0. The van der Waals surface area contributed by atoms with Crippen molar-refractivity contribution in [1.29, 1.82) is 0 Å². The Morgan fingerprint density at radius 1 is 1.11 bits per heavy atom. The van der Waals surface area contributed by atoms with Crippen LogP contribution in [0.5, 0.6) is 0 Å². The summed E-state index contributed by atoms with van der Waals surface area (Å²) in [7, 11) is 0. The van der Waals surface area contributed by atoms with Crippen molar-refractivity contribution < 1.29 is 29.0 Å². The number of carboxylic acids is 1. The summed E-state index contributed by atoms with van der Waals surface area (Å²) in [6, 6.07) is 12.6. The molecule has 2 aromatic carbocycles. The third-order valence-electron chi connectivity index (χ3n) is 4.13. The van der Waals surface area contributed by atoms with Gasteiger partial charge in [0.05, 0.1) is 28.7 Å². The molecule has 0 aromatic heterocycles. The lowest BCUT2D eigenvalue weighted by atomic mass is 10.1. The molecule has 144 valence electrons. The topological polar surface area (TPSA) is 101 Å². The van der Waals surface area contributed by atoms with Crippen molar-refractivity contribution in [3.63, 3.8) is 0 Å². The highest BCUT2D eigenvalue weighted by molar-refractivity contribution is 8.00. The quantitative estimate of drug-likeness (QED) is 0.589. The summed E-state index contributed by atoms with van der Waals surface area (Å²) in [6.45, 7) is 1.83. The number of para-hydroxylation sites is 1. The summed E-state index contributed by atoms with van der Waals surface area (Å²) < 4.78 is 5.00. The minimum absolute atomic E-state index is 0.0677. The van der Waals surface area contributed by atoms with E-state index in [-0.39, 0.29) is 29.8 Å². The van der Waals surface area contributed by atoms with Gasteiger partial charge in [-0.3, -0.25) is 9.59 Å². The van der Waals surface area contributed by atoms with Crippen molar-refractivity contribution in [1.82, 2.24) is 0 Å². The van der Waals surface area contributed by atoms with E-state index in [1.807, 2.05) is 0 Å². The maximum atomic E-state index is 12.9. The average Bonchev–Trinajstić information content (AvgIpc) is 2.95. The highest BCUT2D eigenvalue weighted by atomic mass is 32.2. The fourth-order valence-electron chi connectivity index (χ4n) is 2.90. The van der Waals surface area contributed by atoms with Crippen LogP contribution in [-0.4, -0.2) is 40.7 Å². The van der Waals surface area contributed by atoms with Crippen LogP contribution in [0.2, 0.25) is 0 Å². The number of carboxylic acid groups (broad SMARTS) is 1. The lowest BCUT2D eigenvalue weighted by molar-refractivity contribution is -0.121. The molecule has 0 saturated carbocycles. The minimum atomic E-state index is -1.11. The molecule has 3 rings (SSSR count). The van der Waals surface area contributed by atoms with Crippen LogP contribution in [0.4, 0.5) is 5.69 Å². The highest BCUT2D eigenvalue weighted by Gasteiger charge is 2.42. The number of carbonyl (C=O) groups is 4. The number of aromatic carboxylic acids is 1. The number of esters is 1. The predicted molar refractivity (Wildman–Crippen MR) is 103 cm³/mol. The number of ether oxygens (including phenoxy) is 1. The van der Waals surface area contributed by atoms with Crippen LogP contribution in [0.15, 0.2) is 53.4 Å². The minimum Gasteiger partial charge on any atom is -0.478 e. The van der Waals surface area contributed by atoms with Gasteiger partial charge in [-0.25, -0.2) is 14.5 Å². The zero-order chi connectivity index (χ0) is 20.3. The monoisotopic (exact) mass is 399 g/mol. The second-order valence-electron chi connectivity index (χ2n) is 5.92. The molecule has 1 atom stereocenters. The molecule has 7 nitrogen and oxygen atoms in total. The third-order valence-corrected chi connectivity index (χ3v) is 5.39. The number of benzene rings is 2. The Morgan fingerprint density at radius 2 is 1.75 bits per heavy atom. The van der Waals surface area contributed by atoms with Gasteiger partial charge in [-0.2, -0.15) is 0 Å². The standard InChI is InChI=1S/C20H17NO6S/c1-2-27-20(26)12-7-3-5-9-14(12)21-17(22)11-16(18(21)23)28-15-10-6-4-8-13(15)19(24)25/h3-10,16H,2,11H2,1H3,(H,24,25). The first-order chi connectivity index (χ1) is 13.4. The van der Waals surface area contributed by atoms with Gasteiger partial charge >= 0.3 is 11.9 Å². The molecule has 1 aliphatic heterocycles. The molecule has 28 heavy (non-hydrogen) atoms. The number of carbonyl (C=O) groups excluding carboxylic acids is 3. The van der Waals surface area contributed by atoms with Crippen LogP contribution in [0.3, 0.4) is 0 Å². The Kier molecular flexibility index (Phi) is 5.79. The summed E-state index contributed by atoms with van der Waals surface area (Å²) in [5, 5.41) is 8.53. The molecular formula is C20H17NO6S. The molecule has 1 heterocycles. The number of anilines is 1. The van der Waals surface area contributed by atoms with E-state index in [1.54, 1.807) is 37.3 Å². The fraction of sp³-hybridized carbons (Fsp3) is 0.200. The molecule has 0 bridgehead atoms. The summed E-state index contributed by atoms with van der Waals surface area (Å²) in [5.41, 5.74) is 0.367. The highest BCUT2D eigenvalue weighted by Crippen LogP contribution is 2.36. The van der Waals surface area contributed by atoms with Gasteiger partial charge in [0.1, 0.15) is 0 Å². The van der Waals surface area contributed by atoms with Gasteiger partial charge < -0.3 is 9.84 Å². The number of rotatable bonds is 6. The van der Waals surface area contributed by atoms with E-state index in [2.05, 4.69) is 0 Å². The van der Waals surface area contributed by atoms with E-state index < -0.39 is 29.0 Å². The number of thioether (sulfide) groups is 1. The van der Waals surface area contributed by atoms with Crippen molar-refractivity contribution in [2.24, 2.45) is 0 Å². The van der Waals surface area contributed by atoms with Crippen molar-refractivity contribution in [2.45, 2.75) is 23.5 Å². The smallest absolute Gasteiger partial charge is 0.340 e. The van der Waals surface area contributed by atoms with E-state index in [9.17, 15) is 24.3 Å². The van der Waals surface area contributed by atoms with Crippen molar-refractivity contribution in [3.8, 4) is 0 Å². The summed E-state index contributed by atoms with van der Waals surface area (Å²) >= 11 is 1.03. The van der Waals surface area contributed by atoms with E-state index in [4.69, 9.17) is 4.74 Å². The van der Waals surface area contributed by atoms with E-state index in [1.165, 1.54) is 18.2 Å². The second-order valence-corrected chi connectivity index (χ2v) is 7.16. The average molecular weight is 399 g/mol. The molecule has 8 heteroatoms. The number of hydrogen-bond donors (Lipinski definition) is 1. The fourth-order valence-corrected chi connectivity index (χ4v) is 4.08. The Morgan fingerprint density at radius 3 is 2.43 bits per heavy atom. The molecule has 1 aliphatic rings. The third kappa shape index (κ3) is 3.77. The van der Waals surface area contributed by atoms with E-state index >= 15 is 0 Å². The van der Waals surface area contributed by atoms with Gasteiger partial charge in [0.2, 0.25) is 11.8 Å². The summed E-state index contributed by atoms with van der Waals surface area (Å²) in [6.07, 6.45) is -0.0887. The van der Waals surface area contributed by atoms with Crippen molar-refractivity contribution >= 4 is 41.2 Å². The molecule has 0 aliphatic carbocycles. The first-order valence-electron chi connectivity index (χ1n) is 8.56. The van der Waals surface area contributed by atoms with Crippen molar-refractivity contribution in [2.75, 3.05) is 11.5 Å². The Bertz CT molecular complexity index is 957. The van der Waals surface area contributed by atoms with Gasteiger partial charge in [0, 0.05) is 11.3 Å². The summed E-state index contributed by atoms with van der Waals surface area (Å²) in [4.78, 5) is 50.4. The maximum Gasteiger partial charge on any atom is 0.340 e. The van der Waals surface area contributed by atoms with Gasteiger partial charge in [-0.05, 0) is 31.2 Å². The number of hydrogen-bond acceptors (Lipinski definition) is 6. The SMILES string of the molecule is CCOC(=O)c1ccccc1N1C(=O)CC(Sc2ccccc2C(=O)O)C1=O. The lowest BCUT2D eigenvalue weighted by Gasteiger charge is -2.18. The van der Waals surface area contributed by atoms with E-state index in [0.29, 0.717) is 4.90 Å². The molecular weight excluding hydrogens is 382 g/mol. The first-order valence-corrected chi connectivity index (χ1v) is 9.44. The van der Waals surface area contributed by atoms with E-state index in [0.717, 1.165) is 16.7 Å². The second kappa shape index (κ2) is 8.26. The van der Waals surface area contributed by atoms with Crippen molar-refractivity contribution in [3.05, 3.63) is 59.7 Å². The van der Waals surface area contributed by atoms with Gasteiger partial charge in [-0.1, -0.05) is 24.3 Å².